The fourth-order valence-corrected chi connectivity index (χ4v) is 1.42. The molecule has 3 nitrogen and oxygen atoms in total. The van der Waals surface area contributed by atoms with Crippen molar-refractivity contribution in [3.63, 3.8) is 0 Å². The van der Waals surface area contributed by atoms with Gasteiger partial charge >= 0.3 is 0 Å². The van der Waals surface area contributed by atoms with Gasteiger partial charge in [-0.1, -0.05) is 0 Å². The average Bonchev–Trinajstić information content (AvgIpc) is 2.47. The summed E-state index contributed by atoms with van der Waals surface area (Å²) < 4.78 is 0. The van der Waals surface area contributed by atoms with Crippen molar-refractivity contribution in [2.75, 3.05) is 0 Å². The second kappa shape index (κ2) is 3.88. The first-order chi connectivity index (χ1) is 5.72. The Morgan fingerprint density at radius 2 is 2.67 bits per heavy atom. The van der Waals surface area contributed by atoms with Crippen molar-refractivity contribution in [3.8, 4) is 12.3 Å². The van der Waals surface area contributed by atoms with Crippen molar-refractivity contribution in [1.29, 1.82) is 0 Å². The lowest BCUT2D eigenvalue weighted by Crippen LogP contribution is -2.20. The van der Waals surface area contributed by atoms with Crippen LogP contribution in [0.5, 0.6) is 0 Å². The summed E-state index contributed by atoms with van der Waals surface area (Å²) in [6.07, 6.45) is 6.63. The average molecular weight is 180 g/mol. The van der Waals surface area contributed by atoms with E-state index < -0.39 is 5.91 Å². The number of carbonyl (C=O) groups excluding carboxylic acids is 1. The maximum atomic E-state index is 10.6. The van der Waals surface area contributed by atoms with Crippen LogP contribution in [-0.4, -0.2) is 10.9 Å². The third kappa shape index (κ3) is 2.36. The number of amides is 1. The molecule has 0 aliphatic heterocycles. The Hall–Kier alpha value is -1.34. The standard InChI is InChI=1S/C8H8N2OS/c1-3-7(11)9-5-8-10-4-6(2)12-8/h1,4H,5H2,2H3,(H,9,11). The highest BCUT2D eigenvalue weighted by atomic mass is 32.1. The van der Waals surface area contributed by atoms with E-state index in [4.69, 9.17) is 6.42 Å². The molecule has 1 heterocycles. The minimum atomic E-state index is -0.400. The third-order valence-corrected chi connectivity index (χ3v) is 2.11. The van der Waals surface area contributed by atoms with Crippen molar-refractivity contribution in [2.45, 2.75) is 13.5 Å². The van der Waals surface area contributed by atoms with E-state index in [-0.39, 0.29) is 0 Å². The Balaban J connectivity index is 2.44. The molecular formula is C8H8N2OS. The van der Waals surface area contributed by atoms with Crippen LogP contribution in [0.1, 0.15) is 9.88 Å². The molecule has 0 aliphatic carbocycles. The zero-order chi connectivity index (χ0) is 8.97. The number of aromatic nitrogens is 1. The molecule has 1 N–H and O–H groups in total. The smallest absolute Gasteiger partial charge is 0.295 e. The van der Waals surface area contributed by atoms with Gasteiger partial charge in [0.1, 0.15) is 5.01 Å². The molecule has 0 aliphatic rings. The van der Waals surface area contributed by atoms with E-state index in [2.05, 4.69) is 10.3 Å². The van der Waals surface area contributed by atoms with Gasteiger partial charge in [-0.3, -0.25) is 4.79 Å². The third-order valence-electron chi connectivity index (χ3n) is 1.20. The maximum Gasteiger partial charge on any atom is 0.295 e. The number of terminal acetylenes is 1. The van der Waals surface area contributed by atoms with Crippen LogP contribution in [0.15, 0.2) is 6.20 Å². The Kier molecular flexibility index (Phi) is 2.83. The minimum Gasteiger partial charge on any atom is -0.339 e. The molecule has 1 aromatic heterocycles. The molecule has 0 aromatic carbocycles. The van der Waals surface area contributed by atoms with E-state index >= 15 is 0 Å². The van der Waals surface area contributed by atoms with E-state index in [1.54, 1.807) is 17.5 Å². The molecular weight excluding hydrogens is 172 g/mol. The summed E-state index contributed by atoms with van der Waals surface area (Å²) in [5.41, 5.74) is 0. The molecule has 4 heteroatoms. The fourth-order valence-electron chi connectivity index (χ4n) is 0.690. The Morgan fingerprint density at radius 1 is 1.92 bits per heavy atom. The predicted molar refractivity (Wildman–Crippen MR) is 47.5 cm³/mol. The van der Waals surface area contributed by atoms with Gasteiger partial charge in [0.05, 0.1) is 6.54 Å². The van der Waals surface area contributed by atoms with E-state index in [1.165, 1.54) is 0 Å². The molecule has 0 radical (unpaired) electrons. The number of rotatable bonds is 2. The van der Waals surface area contributed by atoms with Gasteiger partial charge in [-0.2, -0.15) is 0 Å². The van der Waals surface area contributed by atoms with Crippen LogP contribution in [0.4, 0.5) is 0 Å². The van der Waals surface area contributed by atoms with Crippen molar-refractivity contribution >= 4 is 17.2 Å². The summed E-state index contributed by atoms with van der Waals surface area (Å²) in [5.74, 6) is 1.57. The highest BCUT2D eigenvalue weighted by Gasteiger charge is 1.99. The molecule has 0 bridgehead atoms. The summed E-state index contributed by atoms with van der Waals surface area (Å²) in [4.78, 5) is 15.8. The molecule has 1 aromatic rings. The summed E-state index contributed by atoms with van der Waals surface area (Å²) in [6.45, 7) is 2.38. The molecule has 0 atom stereocenters. The van der Waals surface area contributed by atoms with E-state index in [0.29, 0.717) is 6.54 Å². The van der Waals surface area contributed by atoms with Gasteiger partial charge in [0, 0.05) is 11.1 Å². The number of nitrogens with one attached hydrogen (secondary N) is 1. The van der Waals surface area contributed by atoms with Crippen molar-refractivity contribution in [2.24, 2.45) is 0 Å². The largest absolute Gasteiger partial charge is 0.339 e. The topological polar surface area (TPSA) is 42.0 Å². The van der Waals surface area contributed by atoms with Gasteiger partial charge in [-0.25, -0.2) is 4.98 Å². The van der Waals surface area contributed by atoms with Gasteiger partial charge in [-0.05, 0) is 12.8 Å². The number of hydrogen-bond donors (Lipinski definition) is 1. The first kappa shape index (κ1) is 8.75. The molecule has 1 rings (SSSR count). The van der Waals surface area contributed by atoms with Gasteiger partial charge in [0.2, 0.25) is 0 Å². The molecule has 0 unspecified atom stereocenters. The van der Waals surface area contributed by atoms with E-state index in [0.717, 1.165) is 9.88 Å². The fraction of sp³-hybridized carbons (Fsp3) is 0.250. The quantitative estimate of drug-likeness (QED) is 0.681. The SMILES string of the molecule is C#CC(=O)NCc1ncc(C)s1. The monoisotopic (exact) mass is 180 g/mol. The highest BCUT2D eigenvalue weighted by Crippen LogP contribution is 2.09. The highest BCUT2D eigenvalue weighted by molar-refractivity contribution is 7.11. The second-order valence-electron chi connectivity index (χ2n) is 2.19. The minimum absolute atomic E-state index is 0.400. The van der Waals surface area contributed by atoms with Crippen molar-refractivity contribution < 1.29 is 4.79 Å². The molecule has 0 spiro atoms. The second-order valence-corrected chi connectivity index (χ2v) is 3.51. The first-order valence-corrected chi connectivity index (χ1v) is 4.20. The Morgan fingerprint density at radius 3 is 3.17 bits per heavy atom. The molecule has 62 valence electrons. The van der Waals surface area contributed by atoms with Gasteiger partial charge < -0.3 is 5.32 Å². The summed E-state index contributed by atoms with van der Waals surface area (Å²) >= 11 is 1.55. The van der Waals surface area contributed by atoms with Crippen LogP contribution in [0.25, 0.3) is 0 Å². The van der Waals surface area contributed by atoms with Crippen LogP contribution < -0.4 is 5.32 Å². The van der Waals surface area contributed by atoms with Gasteiger partial charge in [-0.15, -0.1) is 17.8 Å². The van der Waals surface area contributed by atoms with Crippen LogP contribution in [0, 0.1) is 19.3 Å². The number of nitrogens with zero attached hydrogens (tertiary/aromatic N) is 1. The van der Waals surface area contributed by atoms with Crippen LogP contribution >= 0.6 is 11.3 Å². The van der Waals surface area contributed by atoms with E-state index in [1.807, 2.05) is 12.8 Å². The number of thiazole rings is 1. The first-order valence-electron chi connectivity index (χ1n) is 3.38. The van der Waals surface area contributed by atoms with Crippen LogP contribution in [0.2, 0.25) is 0 Å². The predicted octanol–water partition coefficient (Wildman–Crippen LogP) is 0.701. The number of aryl methyl sites for hydroxylation is 1. The molecule has 0 saturated carbocycles. The van der Waals surface area contributed by atoms with Gasteiger partial charge in [0.25, 0.3) is 5.91 Å². The van der Waals surface area contributed by atoms with Crippen LogP contribution in [-0.2, 0) is 11.3 Å². The Labute approximate surface area is 74.8 Å². The number of hydrogen-bond acceptors (Lipinski definition) is 3. The van der Waals surface area contributed by atoms with Crippen LogP contribution in [0.3, 0.4) is 0 Å². The Bertz CT molecular complexity index is 324. The summed E-state index contributed by atoms with van der Waals surface area (Å²) in [5, 5.41) is 3.41. The summed E-state index contributed by atoms with van der Waals surface area (Å²) in [7, 11) is 0. The van der Waals surface area contributed by atoms with Gasteiger partial charge in [0.15, 0.2) is 0 Å². The number of carbonyl (C=O) groups is 1. The normalized spacial score (nSPS) is 9.00. The van der Waals surface area contributed by atoms with E-state index in [9.17, 15) is 4.79 Å². The van der Waals surface area contributed by atoms with Crippen molar-refractivity contribution in [1.82, 2.24) is 10.3 Å². The zero-order valence-electron chi connectivity index (χ0n) is 6.63. The summed E-state index contributed by atoms with van der Waals surface area (Å²) in [6, 6.07) is 0. The molecule has 0 fully saturated rings. The molecule has 1 amide bonds. The molecule has 12 heavy (non-hydrogen) atoms. The lowest BCUT2D eigenvalue weighted by atomic mass is 10.6. The van der Waals surface area contributed by atoms with Crippen molar-refractivity contribution in [3.05, 3.63) is 16.1 Å². The lowest BCUT2D eigenvalue weighted by molar-refractivity contribution is -0.115. The lowest BCUT2D eigenvalue weighted by Gasteiger charge is -1.94. The zero-order valence-corrected chi connectivity index (χ0v) is 7.44. The maximum absolute atomic E-state index is 10.6. The molecule has 0 saturated heterocycles.